The summed E-state index contributed by atoms with van der Waals surface area (Å²) >= 11 is 0. The van der Waals surface area contributed by atoms with Gasteiger partial charge in [0.1, 0.15) is 0 Å². The number of likely N-dealkylation sites (tertiary alicyclic amines) is 1. The molecule has 0 N–H and O–H groups in total. The first-order valence-corrected chi connectivity index (χ1v) is 5.38. The minimum atomic E-state index is 0.189. The molecular weight excluding hydrogens is 162 g/mol. The van der Waals surface area contributed by atoms with Crippen molar-refractivity contribution in [3.8, 4) is 0 Å². The van der Waals surface area contributed by atoms with E-state index in [4.69, 9.17) is 4.74 Å². The predicted octanol–water partition coefficient (Wildman–Crippen LogP) is 1.90. The van der Waals surface area contributed by atoms with E-state index in [-0.39, 0.29) is 5.60 Å². The van der Waals surface area contributed by atoms with Gasteiger partial charge in [-0.05, 0) is 46.3 Å². The number of ether oxygens (including phenoxy) is 1. The van der Waals surface area contributed by atoms with Gasteiger partial charge in [-0.15, -0.1) is 0 Å². The second-order valence-electron chi connectivity index (χ2n) is 5.24. The van der Waals surface area contributed by atoms with Crippen molar-refractivity contribution in [3.05, 3.63) is 0 Å². The van der Waals surface area contributed by atoms with E-state index in [2.05, 4.69) is 25.8 Å². The maximum Gasteiger partial charge on any atom is 0.0731 e. The van der Waals surface area contributed by atoms with Gasteiger partial charge in [-0.2, -0.15) is 0 Å². The van der Waals surface area contributed by atoms with E-state index < -0.39 is 0 Å². The van der Waals surface area contributed by atoms with E-state index in [9.17, 15) is 0 Å². The maximum atomic E-state index is 5.78. The number of rotatable bonds is 0. The summed E-state index contributed by atoms with van der Waals surface area (Å²) in [5.41, 5.74) is 0.635. The molecule has 0 radical (unpaired) electrons. The number of nitrogens with zero attached hydrogens (tertiary/aromatic N) is 1. The van der Waals surface area contributed by atoms with Crippen molar-refractivity contribution < 1.29 is 4.74 Å². The van der Waals surface area contributed by atoms with E-state index in [0.717, 1.165) is 6.61 Å². The summed E-state index contributed by atoms with van der Waals surface area (Å²) in [6, 6.07) is 0. The first-order valence-electron chi connectivity index (χ1n) is 5.38. The summed E-state index contributed by atoms with van der Waals surface area (Å²) in [5, 5.41) is 0. The molecule has 2 nitrogen and oxygen atoms in total. The highest BCUT2D eigenvalue weighted by molar-refractivity contribution is 5.02. The Morgan fingerprint density at radius 2 is 1.92 bits per heavy atom. The Kier molecular flexibility index (Phi) is 2.16. The molecule has 0 saturated carbocycles. The summed E-state index contributed by atoms with van der Waals surface area (Å²) in [5.74, 6) is 0. The number of fused-ring (bicyclic) bond motifs is 1. The Balaban J connectivity index is 2.07. The van der Waals surface area contributed by atoms with Crippen molar-refractivity contribution in [2.75, 3.05) is 26.7 Å². The van der Waals surface area contributed by atoms with Crippen LogP contribution in [0.25, 0.3) is 0 Å². The molecule has 2 atom stereocenters. The molecule has 0 aromatic heterocycles. The summed E-state index contributed by atoms with van der Waals surface area (Å²) in [6.45, 7) is 8.11. The average Bonchev–Trinajstić information content (AvgIpc) is 2.11. The van der Waals surface area contributed by atoms with Crippen LogP contribution in [0, 0.1) is 5.41 Å². The Morgan fingerprint density at radius 1 is 1.15 bits per heavy atom. The lowest BCUT2D eigenvalue weighted by molar-refractivity contribution is -0.260. The van der Waals surface area contributed by atoms with E-state index >= 15 is 0 Å². The molecule has 0 aromatic rings. The van der Waals surface area contributed by atoms with Crippen molar-refractivity contribution in [3.63, 3.8) is 0 Å². The molecule has 2 saturated heterocycles. The van der Waals surface area contributed by atoms with Crippen LogP contribution < -0.4 is 0 Å². The molecule has 2 fully saturated rings. The molecule has 2 unspecified atom stereocenters. The Labute approximate surface area is 81.3 Å². The van der Waals surface area contributed by atoms with E-state index in [1.165, 1.54) is 32.4 Å². The summed E-state index contributed by atoms with van der Waals surface area (Å²) in [6.07, 6.45) is 3.80. The van der Waals surface area contributed by atoms with Crippen LogP contribution in [0.1, 0.15) is 33.1 Å². The zero-order chi connectivity index (χ0) is 9.53. The van der Waals surface area contributed by atoms with E-state index in [0.29, 0.717) is 5.41 Å². The van der Waals surface area contributed by atoms with Gasteiger partial charge in [-0.25, -0.2) is 0 Å². The molecule has 2 heterocycles. The first kappa shape index (κ1) is 9.47. The monoisotopic (exact) mass is 183 g/mol. The van der Waals surface area contributed by atoms with Crippen LogP contribution in [-0.4, -0.2) is 37.2 Å². The Hall–Kier alpha value is -0.0800. The van der Waals surface area contributed by atoms with E-state index in [1.807, 2.05) is 0 Å². The van der Waals surface area contributed by atoms with Crippen molar-refractivity contribution in [2.24, 2.45) is 5.41 Å². The van der Waals surface area contributed by atoms with E-state index in [1.54, 1.807) is 0 Å². The van der Waals surface area contributed by atoms with Crippen molar-refractivity contribution >= 4 is 0 Å². The van der Waals surface area contributed by atoms with Crippen LogP contribution in [0.3, 0.4) is 0 Å². The molecule has 2 heteroatoms. The minimum absolute atomic E-state index is 0.189. The molecular formula is C11H21NO. The lowest BCUT2D eigenvalue weighted by Crippen LogP contribution is -2.61. The van der Waals surface area contributed by atoms with Gasteiger partial charge in [0.2, 0.25) is 0 Å². The summed E-state index contributed by atoms with van der Waals surface area (Å²) in [7, 11) is 2.23. The summed E-state index contributed by atoms with van der Waals surface area (Å²) in [4.78, 5) is 2.45. The standard InChI is InChI=1S/C11H21NO/c1-10-6-8-12(3)7-4-5-11(10,2)13-9-10/h4-9H2,1-3H3. The maximum absolute atomic E-state index is 5.78. The topological polar surface area (TPSA) is 12.5 Å². The molecule has 76 valence electrons. The molecule has 13 heavy (non-hydrogen) atoms. The third kappa shape index (κ3) is 1.40. The zero-order valence-corrected chi connectivity index (χ0v) is 9.10. The smallest absolute Gasteiger partial charge is 0.0731 e. The fourth-order valence-electron chi connectivity index (χ4n) is 2.51. The van der Waals surface area contributed by atoms with Gasteiger partial charge in [-0.3, -0.25) is 0 Å². The molecule has 0 amide bonds. The SMILES string of the molecule is CN1CCCC2(C)OCC2(C)CC1. The van der Waals surface area contributed by atoms with Crippen LogP contribution in [0.5, 0.6) is 0 Å². The zero-order valence-electron chi connectivity index (χ0n) is 9.10. The highest BCUT2D eigenvalue weighted by atomic mass is 16.5. The van der Waals surface area contributed by atoms with Gasteiger partial charge in [0.25, 0.3) is 0 Å². The van der Waals surface area contributed by atoms with Crippen LogP contribution in [0.2, 0.25) is 0 Å². The van der Waals surface area contributed by atoms with Crippen LogP contribution >= 0.6 is 0 Å². The van der Waals surface area contributed by atoms with Gasteiger partial charge in [0, 0.05) is 5.41 Å². The highest BCUT2D eigenvalue weighted by Crippen LogP contribution is 2.50. The second kappa shape index (κ2) is 2.96. The average molecular weight is 183 g/mol. The Morgan fingerprint density at radius 3 is 2.54 bits per heavy atom. The number of hydrogen-bond acceptors (Lipinski definition) is 2. The van der Waals surface area contributed by atoms with Crippen molar-refractivity contribution in [2.45, 2.75) is 38.7 Å². The van der Waals surface area contributed by atoms with Crippen molar-refractivity contribution in [1.82, 2.24) is 4.90 Å². The summed E-state index contributed by atoms with van der Waals surface area (Å²) < 4.78 is 5.78. The van der Waals surface area contributed by atoms with Crippen LogP contribution in [-0.2, 0) is 4.74 Å². The van der Waals surface area contributed by atoms with Gasteiger partial charge in [0.05, 0.1) is 12.2 Å². The van der Waals surface area contributed by atoms with Gasteiger partial charge >= 0.3 is 0 Å². The molecule has 2 aliphatic heterocycles. The highest BCUT2D eigenvalue weighted by Gasteiger charge is 2.53. The van der Waals surface area contributed by atoms with Crippen LogP contribution in [0.4, 0.5) is 0 Å². The lowest BCUT2D eigenvalue weighted by atomic mass is 9.65. The molecule has 0 bridgehead atoms. The Bertz CT molecular complexity index is 206. The molecule has 0 spiro atoms. The number of hydrogen-bond donors (Lipinski definition) is 0. The molecule has 2 rings (SSSR count). The fraction of sp³-hybridized carbons (Fsp3) is 1.00. The van der Waals surface area contributed by atoms with Gasteiger partial charge < -0.3 is 9.64 Å². The molecule has 2 aliphatic rings. The van der Waals surface area contributed by atoms with Crippen LogP contribution in [0.15, 0.2) is 0 Å². The lowest BCUT2D eigenvalue weighted by Gasteiger charge is -2.57. The third-order valence-corrected chi connectivity index (χ3v) is 4.23. The fourth-order valence-corrected chi connectivity index (χ4v) is 2.51. The normalized spacial score (nSPS) is 47.3. The quantitative estimate of drug-likeness (QED) is 0.568. The van der Waals surface area contributed by atoms with Gasteiger partial charge in [0.15, 0.2) is 0 Å². The predicted molar refractivity (Wildman–Crippen MR) is 53.8 cm³/mol. The second-order valence-corrected chi connectivity index (χ2v) is 5.24. The molecule has 0 aliphatic carbocycles. The third-order valence-electron chi connectivity index (χ3n) is 4.23. The largest absolute Gasteiger partial charge is 0.374 e. The van der Waals surface area contributed by atoms with Gasteiger partial charge in [-0.1, -0.05) is 6.92 Å². The minimum Gasteiger partial charge on any atom is -0.374 e. The first-order chi connectivity index (χ1) is 6.06. The molecule has 0 aromatic carbocycles. The van der Waals surface area contributed by atoms with Crippen molar-refractivity contribution in [1.29, 1.82) is 0 Å².